The summed E-state index contributed by atoms with van der Waals surface area (Å²) in [5, 5.41) is 0.612. The SMILES string of the molecule is O=C(c1ccc(Cl)cc1)N1CCC[C@@H](C(=O)N2CCN(c3cccc[nH+]3)CC2)C1. The number of hydrogen-bond acceptors (Lipinski definition) is 3. The molecule has 2 aromatic rings. The Hall–Kier alpha value is -2.60. The Bertz CT molecular complexity index is 851. The number of amides is 2. The number of piperazine rings is 1. The van der Waals surface area contributed by atoms with Crippen LogP contribution in [0.15, 0.2) is 48.7 Å². The van der Waals surface area contributed by atoms with Crippen molar-refractivity contribution in [2.75, 3.05) is 44.2 Å². The first-order chi connectivity index (χ1) is 14.1. The van der Waals surface area contributed by atoms with Crippen LogP contribution in [0, 0.1) is 5.92 Å². The van der Waals surface area contributed by atoms with Gasteiger partial charge in [-0.1, -0.05) is 17.7 Å². The van der Waals surface area contributed by atoms with Gasteiger partial charge in [-0.25, -0.2) is 4.98 Å². The molecule has 2 aliphatic rings. The lowest BCUT2D eigenvalue weighted by molar-refractivity contribution is -0.364. The third kappa shape index (κ3) is 4.53. The Labute approximate surface area is 176 Å². The Morgan fingerprint density at radius 2 is 1.69 bits per heavy atom. The maximum Gasteiger partial charge on any atom is 0.274 e. The maximum absolute atomic E-state index is 13.1. The summed E-state index contributed by atoms with van der Waals surface area (Å²) in [6.45, 7) is 4.24. The van der Waals surface area contributed by atoms with Crippen molar-refractivity contribution in [2.45, 2.75) is 12.8 Å². The number of carbonyl (C=O) groups is 2. The molecule has 0 spiro atoms. The van der Waals surface area contributed by atoms with Crippen molar-refractivity contribution in [1.82, 2.24) is 9.80 Å². The van der Waals surface area contributed by atoms with E-state index < -0.39 is 0 Å². The molecule has 2 amide bonds. The highest BCUT2D eigenvalue weighted by atomic mass is 35.5. The van der Waals surface area contributed by atoms with E-state index in [1.54, 1.807) is 24.3 Å². The molecule has 0 bridgehead atoms. The number of carbonyl (C=O) groups excluding carboxylic acids is 2. The van der Waals surface area contributed by atoms with E-state index in [1.165, 1.54) is 0 Å². The van der Waals surface area contributed by atoms with Crippen molar-refractivity contribution in [3.05, 3.63) is 59.2 Å². The zero-order chi connectivity index (χ0) is 20.2. The lowest BCUT2D eigenvalue weighted by Gasteiger charge is -2.37. The topological polar surface area (TPSA) is 58.0 Å². The van der Waals surface area contributed by atoms with E-state index >= 15 is 0 Å². The minimum absolute atomic E-state index is 0.0244. The van der Waals surface area contributed by atoms with E-state index in [9.17, 15) is 9.59 Å². The molecule has 2 aliphatic heterocycles. The van der Waals surface area contributed by atoms with Crippen LogP contribution in [0.5, 0.6) is 0 Å². The van der Waals surface area contributed by atoms with Crippen molar-refractivity contribution in [1.29, 1.82) is 0 Å². The van der Waals surface area contributed by atoms with Crippen LogP contribution in [0.1, 0.15) is 23.2 Å². The van der Waals surface area contributed by atoms with Gasteiger partial charge in [0.05, 0.1) is 25.2 Å². The first-order valence-corrected chi connectivity index (χ1v) is 10.5. The van der Waals surface area contributed by atoms with Crippen molar-refractivity contribution < 1.29 is 14.6 Å². The van der Waals surface area contributed by atoms with Gasteiger partial charge in [0, 0.05) is 29.7 Å². The molecule has 2 saturated heterocycles. The number of piperidine rings is 1. The summed E-state index contributed by atoms with van der Waals surface area (Å²) < 4.78 is 0. The third-order valence-electron chi connectivity index (χ3n) is 5.77. The van der Waals surface area contributed by atoms with Crippen LogP contribution >= 0.6 is 11.6 Å². The Balaban J connectivity index is 1.34. The number of benzene rings is 1. The van der Waals surface area contributed by atoms with E-state index in [2.05, 4.69) is 16.0 Å². The Kier molecular flexibility index (Phi) is 6.00. The highest BCUT2D eigenvalue weighted by molar-refractivity contribution is 6.30. The first-order valence-electron chi connectivity index (χ1n) is 10.2. The number of aromatic nitrogens is 1. The third-order valence-corrected chi connectivity index (χ3v) is 6.03. The summed E-state index contributed by atoms with van der Waals surface area (Å²) in [6.07, 6.45) is 3.62. The zero-order valence-corrected chi connectivity index (χ0v) is 17.1. The number of anilines is 1. The highest BCUT2D eigenvalue weighted by Crippen LogP contribution is 2.22. The number of nitrogens with zero attached hydrogens (tertiary/aromatic N) is 3. The normalized spacial score (nSPS) is 19.9. The summed E-state index contributed by atoms with van der Waals surface area (Å²) >= 11 is 5.92. The summed E-state index contributed by atoms with van der Waals surface area (Å²) in [7, 11) is 0. The monoisotopic (exact) mass is 413 g/mol. The fraction of sp³-hybridized carbons (Fsp3) is 0.409. The minimum atomic E-state index is -0.116. The summed E-state index contributed by atoms with van der Waals surface area (Å²) in [4.78, 5) is 35.2. The average molecular weight is 414 g/mol. The van der Waals surface area contributed by atoms with Gasteiger partial charge in [-0.15, -0.1) is 0 Å². The average Bonchev–Trinajstić information content (AvgIpc) is 2.79. The van der Waals surface area contributed by atoms with E-state index in [1.807, 2.05) is 28.1 Å². The number of aromatic amines is 1. The summed E-state index contributed by atoms with van der Waals surface area (Å²) in [5.74, 6) is 1.12. The molecule has 4 rings (SSSR count). The van der Waals surface area contributed by atoms with E-state index in [4.69, 9.17) is 11.6 Å². The van der Waals surface area contributed by atoms with Crippen LogP contribution in [0.3, 0.4) is 0 Å². The van der Waals surface area contributed by atoms with Crippen molar-refractivity contribution in [2.24, 2.45) is 5.92 Å². The summed E-state index contributed by atoms with van der Waals surface area (Å²) in [5.41, 5.74) is 0.621. The van der Waals surface area contributed by atoms with Crippen LogP contribution in [-0.2, 0) is 4.79 Å². The second kappa shape index (κ2) is 8.82. The van der Waals surface area contributed by atoms with Crippen LogP contribution in [0.2, 0.25) is 5.02 Å². The maximum atomic E-state index is 13.1. The molecule has 0 saturated carbocycles. The molecule has 1 N–H and O–H groups in total. The van der Waals surface area contributed by atoms with Crippen molar-refractivity contribution in [3.8, 4) is 0 Å². The van der Waals surface area contributed by atoms with Gasteiger partial charge in [0.25, 0.3) is 11.7 Å². The van der Waals surface area contributed by atoms with E-state index in [0.717, 1.165) is 31.7 Å². The zero-order valence-electron chi connectivity index (χ0n) is 16.4. The van der Waals surface area contributed by atoms with Gasteiger partial charge < -0.3 is 9.80 Å². The summed E-state index contributed by atoms with van der Waals surface area (Å²) in [6, 6.07) is 13.0. The molecule has 1 atom stereocenters. The molecule has 1 aromatic heterocycles. The predicted octanol–water partition coefficient (Wildman–Crippen LogP) is 2.36. The van der Waals surface area contributed by atoms with Gasteiger partial charge in [-0.3, -0.25) is 14.5 Å². The number of nitrogens with one attached hydrogen (secondary N) is 1. The quantitative estimate of drug-likeness (QED) is 0.776. The highest BCUT2D eigenvalue weighted by Gasteiger charge is 2.34. The molecule has 0 aliphatic carbocycles. The van der Waals surface area contributed by atoms with Gasteiger partial charge in [0.15, 0.2) is 0 Å². The fourth-order valence-corrected chi connectivity index (χ4v) is 4.27. The molecule has 1 aromatic carbocycles. The second-order valence-corrected chi connectivity index (χ2v) is 8.09. The first kappa shape index (κ1) is 19.7. The molecule has 6 nitrogen and oxygen atoms in total. The van der Waals surface area contributed by atoms with Gasteiger partial charge >= 0.3 is 0 Å². The number of H-pyrrole nitrogens is 1. The number of halogens is 1. The fourth-order valence-electron chi connectivity index (χ4n) is 4.14. The molecule has 0 unspecified atom stereocenters. The van der Waals surface area contributed by atoms with Crippen LogP contribution in [-0.4, -0.2) is 60.9 Å². The molecule has 152 valence electrons. The van der Waals surface area contributed by atoms with E-state index in [0.29, 0.717) is 36.8 Å². The minimum Gasteiger partial charge on any atom is -0.338 e. The molecule has 7 heteroatoms. The number of hydrogen-bond donors (Lipinski definition) is 0. The smallest absolute Gasteiger partial charge is 0.274 e. The van der Waals surface area contributed by atoms with Crippen molar-refractivity contribution in [3.63, 3.8) is 0 Å². The molecule has 2 fully saturated rings. The molecule has 3 heterocycles. The lowest BCUT2D eigenvalue weighted by atomic mass is 9.95. The van der Waals surface area contributed by atoms with E-state index in [-0.39, 0.29) is 17.7 Å². The van der Waals surface area contributed by atoms with Gasteiger partial charge in [-0.05, 0) is 43.2 Å². The molecular formula is C22H26ClN4O2+. The van der Waals surface area contributed by atoms with Crippen LogP contribution in [0.25, 0.3) is 0 Å². The largest absolute Gasteiger partial charge is 0.338 e. The van der Waals surface area contributed by atoms with Crippen molar-refractivity contribution >= 4 is 29.2 Å². The molecule has 29 heavy (non-hydrogen) atoms. The lowest BCUT2D eigenvalue weighted by Crippen LogP contribution is -2.53. The number of pyridine rings is 1. The van der Waals surface area contributed by atoms with Crippen LogP contribution < -0.4 is 9.88 Å². The molecular weight excluding hydrogens is 388 g/mol. The van der Waals surface area contributed by atoms with Crippen LogP contribution in [0.4, 0.5) is 5.82 Å². The molecule has 0 radical (unpaired) electrons. The van der Waals surface area contributed by atoms with Gasteiger partial charge in [-0.2, -0.15) is 0 Å². The Morgan fingerprint density at radius 3 is 2.38 bits per heavy atom. The Morgan fingerprint density at radius 1 is 0.931 bits per heavy atom. The van der Waals surface area contributed by atoms with Gasteiger partial charge in [0.1, 0.15) is 13.1 Å². The van der Waals surface area contributed by atoms with Gasteiger partial charge in [0.2, 0.25) is 5.91 Å². The number of likely N-dealkylation sites (tertiary alicyclic amines) is 1. The standard InChI is InChI=1S/C22H25ClN4O2/c23-19-8-6-17(7-9-19)21(28)27-11-3-4-18(16-27)22(29)26-14-12-25(13-15-26)20-5-1-2-10-24-20/h1-2,5-10,18H,3-4,11-16H2/p+1/t18-/m1/s1. The predicted molar refractivity (Wildman–Crippen MR) is 112 cm³/mol. The second-order valence-electron chi connectivity index (χ2n) is 7.66. The number of rotatable bonds is 3.